The molecule has 0 bridgehead atoms. The molecular weight excluding hydrogens is 302 g/mol. The van der Waals surface area contributed by atoms with Gasteiger partial charge in [0.25, 0.3) is 0 Å². The highest BCUT2D eigenvalue weighted by atomic mass is 16.3. The van der Waals surface area contributed by atoms with Crippen LogP contribution < -0.4 is 16.4 Å². The fourth-order valence-corrected chi connectivity index (χ4v) is 1.97. The third-order valence-corrected chi connectivity index (χ3v) is 2.93. The number of hydrogen-bond donors (Lipinski definition) is 6. The summed E-state index contributed by atoms with van der Waals surface area (Å²) >= 11 is 0. The highest BCUT2D eigenvalue weighted by molar-refractivity contribution is 5.91. The Balaban J connectivity index is 0.000000593. The maximum absolute atomic E-state index is 9.04. The number of hydrogen-bond acceptors (Lipinski definition) is 9. The number of nitrogen functional groups attached to an aromatic ring is 2. The minimum absolute atomic E-state index is 0.00571. The molecule has 0 radical (unpaired) electrons. The molecule has 23 heavy (non-hydrogen) atoms. The van der Waals surface area contributed by atoms with Gasteiger partial charge in [-0.1, -0.05) is 0 Å². The minimum Gasteiger partial charge on any atom is -0.395 e. The first-order valence-corrected chi connectivity index (χ1v) is 7.08. The van der Waals surface area contributed by atoms with E-state index in [1.807, 2.05) is 17.0 Å². The van der Waals surface area contributed by atoms with Crippen molar-refractivity contribution >= 4 is 28.4 Å². The lowest BCUT2D eigenvalue weighted by Crippen LogP contribution is -2.29. The molecule has 0 atom stereocenters. The number of nitrogens with two attached hydrogens (primary N) is 2. The summed E-state index contributed by atoms with van der Waals surface area (Å²) in [5, 5.41) is 34.0. The number of aromatic nitrogens is 2. The van der Waals surface area contributed by atoms with Crippen LogP contribution in [0, 0.1) is 0 Å². The molecule has 0 saturated heterocycles. The van der Waals surface area contributed by atoms with Crippen LogP contribution in [0.1, 0.15) is 0 Å². The quantitative estimate of drug-likeness (QED) is 0.373. The Kier molecular flexibility index (Phi) is 7.98. The second kappa shape index (κ2) is 9.74. The largest absolute Gasteiger partial charge is 0.395 e. The van der Waals surface area contributed by atoms with Crippen molar-refractivity contribution < 1.29 is 20.4 Å². The first-order chi connectivity index (χ1) is 11.1. The van der Waals surface area contributed by atoms with Gasteiger partial charge in [-0.25, -0.2) is 4.98 Å². The summed E-state index contributed by atoms with van der Waals surface area (Å²) < 4.78 is 0. The molecule has 1 aromatic heterocycles. The van der Waals surface area contributed by atoms with E-state index in [1.54, 1.807) is 6.07 Å². The first-order valence-electron chi connectivity index (χ1n) is 7.08. The average Bonchev–Trinajstić information content (AvgIpc) is 2.54. The van der Waals surface area contributed by atoms with Gasteiger partial charge in [0.05, 0.1) is 31.9 Å². The lowest BCUT2D eigenvalue weighted by molar-refractivity contribution is 0.186. The zero-order valence-electron chi connectivity index (χ0n) is 12.8. The molecule has 9 nitrogen and oxygen atoms in total. The smallest absolute Gasteiger partial charge is 0.222 e. The third-order valence-electron chi connectivity index (χ3n) is 2.93. The number of anilines is 3. The van der Waals surface area contributed by atoms with Gasteiger partial charge in [0.1, 0.15) is 5.82 Å². The summed E-state index contributed by atoms with van der Waals surface area (Å²) in [6.45, 7) is 0.626. The Bertz CT molecular complexity index is 603. The van der Waals surface area contributed by atoms with Gasteiger partial charge >= 0.3 is 0 Å². The van der Waals surface area contributed by atoms with Gasteiger partial charge in [-0.3, -0.25) is 0 Å². The van der Waals surface area contributed by atoms with E-state index in [-0.39, 0.29) is 32.4 Å². The van der Waals surface area contributed by atoms with E-state index in [1.165, 1.54) is 0 Å². The fourth-order valence-electron chi connectivity index (χ4n) is 1.97. The Morgan fingerprint density at radius 3 is 2.00 bits per heavy atom. The number of benzene rings is 1. The predicted molar refractivity (Wildman–Crippen MR) is 88.9 cm³/mol. The molecule has 128 valence electrons. The van der Waals surface area contributed by atoms with Crippen molar-refractivity contribution in [1.82, 2.24) is 9.97 Å². The topological polar surface area (TPSA) is 162 Å². The second-order valence-corrected chi connectivity index (χ2v) is 4.55. The van der Waals surface area contributed by atoms with Gasteiger partial charge in [-0.2, -0.15) is 4.98 Å². The van der Waals surface area contributed by atoms with Crippen molar-refractivity contribution in [2.75, 3.05) is 55.9 Å². The van der Waals surface area contributed by atoms with E-state index < -0.39 is 0 Å². The summed E-state index contributed by atoms with van der Waals surface area (Å²) in [4.78, 5) is 9.88. The molecule has 0 aliphatic rings. The SMILES string of the molecule is Nc1nc(N)c2cc(N(CCO)CCO)ccc2n1.OCCO. The Hall–Kier alpha value is -2.20. The van der Waals surface area contributed by atoms with Crippen LogP contribution >= 0.6 is 0 Å². The lowest BCUT2D eigenvalue weighted by atomic mass is 10.2. The molecule has 8 N–H and O–H groups in total. The maximum atomic E-state index is 9.04. The van der Waals surface area contributed by atoms with E-state index in [4.69, 9.17) is 31.9 Å². The van der Waals surface area contributed by atoms with E-state index >= 15 is 0 Å². The van der Waals surface area contributed by atoms with E-state index in [0.29, 0.717) is 29.8 Å². The standard InChI is InChI=1S/C12H17N5O2.C2H6O2/c13-11-9-7-8(17(3-5-18)4-6-19)1-2-10(9)15-12(14)16-11;3-1-2-4/h1-2,7,18-19H,3-6H2,(H4,13,14,15,16);3-4H,1-2H2. The van der Waals surface area contributed by atoms with Gasteiger partial charge in [0.15, 0.2) is 0 Å². The highest BCUT2D eigenvalue weighted by Crippen LogP contribution is 2.24. The van der Waals surface area contributed by atoms with Gasteiger partial charge in [0.2, 0.25) is 5.95 Å². The van der Waals surface area contributed by atoms with Crippen molar-refractivity contribution in [2.45, 2.75) is 0 Å². The van der Waals surface area contributed by atoms with Gasteiger partial charge in [-0.15, -0.1) is 0 Å². The van der Waals surface area contributed by atoms with Crippen molar-refractivity contribution in [3.8, 4) is 0 Å². The Morgan fingerprint density at radius 1 is 0.870 bits per heavy atom. The van der Waals surface area contributed by atoms with Crippen LogP contribution in [-0.2, 0) is 0 Å². The molecule has 0 saturated carbocycles. The summed E-state index contributed by atoms with van der Waals surface area (Å²) in [6.07, 6.45) is 0. The molecule has 2 rings (SSSR count). The van der Waals surface area contributed by atoms with Gasteiger partial charge in [-0.05, 0) is 18.2 Å². The van der Waals surface area contributed by atoms with E-state index in [9.17, 15) is 0 Å². The zero-order valence-corrected chi connectivity index (χ0v) is 12.8. The fraction of sp³-hybridized carbons (Fsp3) is 0.429. The maximum Gasteiger partial charge on any atom is 0.222 e. The molecule has 1 aromatic carbocycles. The third kappa shape index (κ3) is 5.49. The number of rotatable bonds is 6. The number of fused-ring (bicyclic) bond motifs is 1. The molecule has 0 spiro atoms. The van der Waals surface area contributed by atoms with Crippen LogP contribution in [-0.4, -0.2) is 69.9 Å². The van der Waals surface area contributed by atoms with Crippen LogP contribution in [0.3, 0.4) is 0 Å². The average molecular weight is 325 g/mol. The van der Waals surface area contributed by atoms with Crippen LogP contribution in [0.15, 0.2) is 18.2 Å². The Morgan fingerprint density at radius 2 is 1.48 bits per heavy atom. The van der Waals surface area contributed by atoms with E-state index in [2.05, 4.69) is 9.97 Å². The van der Waals surface area contributed by atoms with Crippen molar-refractivity contribution in [3.63, 3.8) is 0 Å². The summed E-state index contributed by atoms with van der Waals surface area (Å²) in [6, 6.07) is 5.47. The molecule has 0 amide bonds. The number of aliphatic hydroxyl groups is 4. The first kappa shape index (κ1) is 18.8. The monoisotopic (exact) mass is 325 g/mol. The number of aliphatic hydroxyl groups excluding tert-OH is 4. The normalized spacial score (nSPS) is 10.3. The highest BCUT2D eigenvalue weighted by Gasteiger charge is 2.09. The summed E-state index contributed by atoms with van der Waals surface area (Å²) in [5.41, 5.74) is 12.9. The molecule has 0 fully saturated rings. The predicted octanol–water partition coefficient (Wildman–Crippen LogP) is -1.44. The van der Waals surface area contributed by atoms with Crippen LogP contribution in [0.25, 0.3) is 10.9 Å². The zero-order chi connectivity index (χ0) is 17.2. The summed E-state index contributed by atoms with van der Waals surface area (Å²) in [5.74, 6) is 0.456. The Labute approximate surface area is 133 Å². The minimum atomic E-state index is -0.125. The lowest BCUT2D eigenvalue weighted by Gasteiger charge is -2.23. The van der Waals surface area contributed by atoms with Crippen molar-refractivity contribution in [1.29, 1.82) is 0 Å². The van der Waals surface area contributed by atoms with Gasteiger partial charge < -0.3 is 36.8 Å². The van der Waals surface area contributed by atoms with Crippen LogP contribution in [0.5, 0.6) is 0 Å². The molecule has 0 aliphatic heterocycles. The molecule has 0 aliphatic carbocycles. The molecule has 1 heterocycles. The molecule has 9 heteroatoms. The molecule has 0 unspecified atom stereocenters. The van der Waals surface area contributed by atoms with E-state index in [0.717, 1.165) is 5.69 Å². The van der Waals surface area contributed by atoms with Gasteiger partial charge in [0, 0.05) is 24.2 Å². The van der Waals surface area contributed by atoms with Crippen molar-refractivity contribution in [2.24, 2.45) is 0 Å². The molecular formula is C14H23N5O4. The van der Waals surface area contributed by atoms with Crippen molar-refractivity contribution in [3.05, 3.63) is 18.2 Å². The summed E-state index contributed by atoms with van der Waals surface area (Å²) in [7, 11) is 0. The second-order valence-electron chi connectivity index (χ2n) is 4.55. The van der Waals surface area contributed by atoms with Crippen LogP contribution in [0.2, 0.25) is 0 Å². The number of nitrogens with zero attached hydrogens (tertiary/aromatic N) is 3. The van der Waals surface area contributed by atoms with Crippen LogP contribution in [0.4, 0.5) is 17.5 Å². The molecule has 2 aromatic rings.